The summed E-state index contributed by atoms with van der Waals surface area (Å²) in [7, 11) is 0. The average Bonchev–Trinajstić information content (AvgIpc) is 3.42. The molecule has 0 aliphatic heterocycles. The van der Waals surface area contributed by atoms with Crippen LogP contribution in [0.1, 0.15) is 96.8 Å². The van der Waals surface area contributed by atoms with E-state index in [1.54, 1.807) is 0 Å². The van der Waals surface area contributed by atoms with Gasteiger partial charge in [-0.05, 0) is 64.2 Å². The summed E-state index contributed by atoms with van der Waals surface area (Å²) in [5.41, 5.74) is 0. The molecule has 0 aromatic rings. The zero-order valence-electron chi connectivity index (χ0n) is 17.9. The van der Waals surface area contributed by atoms with E-state index in [1.165, 1.54) is 77.0 Å². The van der Waals surface area contributed by atoms with Gasteiger partial charge in [0, 0.05) is 12.3 Å². The second-order valence-corrected chi connectivity index (χ2v) is 7.55. The van der Waals surface area contributed by atoms with Crippen LogP contribution in [0.25, 0.3) is 0 Å². The summed E-state index contributed by atoms with van der Waals surface area (Å²) in [4.78, 5) is 11.8. The van der Waals surface area contributed by atoms with Crippen LogP contribution in [0.5, 0.6) is 0 Å². The summed E-state index contributed by atoms with van der Waals surface area (Å²) in [5, 5.41) is 0. The monoisotopic (exact) mass is 424 g/mol. The summed E-state index contributed by atoms with van der Waals surface area (Å²) in [5.74, 6) is 1.20. The van der Waals surface area contributed by atoms with Crippen LogP contribution >= 0.6 is 0 Å². The standard InChI is InChI=1S/C21H35O.C5H5.Fe/c1-2-3-4-5-6-7-8-9-10-11-12-13-14-19-21(22)20-17-15-16-18-20;1-2-4-5-3-1;/h15-18H,2-14,19H2,1H3;1-5H;/q;;+2. The van der Waals surface area contributed by atoms with Gasteiger partial charge in [-0.3, -0.25) is 4.79 Å². The van der Waals surface area contributed by atoms with E-state index in [-0.39, 0.29) is 17.1 Å². The van der Waals surface area contributed by atoms with Crippen molar-refractivity contribution in [1.82, 2.24) is 0 Å². The quantitative estimate of drug-likeness (QED) is 0.197. The SMILES string of the molecule is CCCCCCCCCCCCCCCC(=O)[C]1[CH][CH][CH][CH]1.[CH]1[CH][CH][CH][CH]1.[Fe+2]. The molecule has 0 saturated heterocycles. The van der Waals surface area contributed by atoms with Gasteiger partial charge in [0.15, 0.2) is 0 Å². The molecule has 0 amide bonds. The first-order chi connectivity index (χ1) is 13.3. The van der Waals surface area contributed by atoms with Crippen LogP contribution in [0.15, 0.2) is 0 Å². The fourth-order valence-electron chi connectivity index (χ4n) is 3.33. The third-order valence-corrected chi connectivity index (χ3v) is 5.05. The van der Waals surface area contributed by atoms with E-state index in [1.807, 2.05) is 57.8 Å². The molecule has 0 aromatic heterocycles. The first-order valence-corrected chi connectivity index (χ1v) is 11.3. The van der Waals surface area contributed by atoms with Crippen molar-refractivity contribution < 1.29 is 21.9 Å². The van der Waals surface area contributed by atoms with Crippen molar-refractivity contribution in [3.8, 4) is 0 Å². The first-order valence-electron chi connectivity index (χ1n) is 11.3. The molecule has 10 radical (unpaired) electrons. The fourth-order valence-corrected chi connectivity index (χ4v) is 3.33. The Morgan fingerprint density at radius 1 is 0.571 bits per heavy atom. The molecule has 2 rings (SSSR count). The summed E-state index contributed by atoms with van der Waals surface area (Å²) >= 11 is 0. The Labute approximate surface area is 188 Å². The van der Waals surface area contributed by atoms with Crippen molar-refractivity contribution in [2.24, 2.45) is 0 Å². The molecule has 0 heterocycles. The zero-order chi connectivity index (χ0) is 19.4. The van der Waals surface area contributed by atoms with E-state index in [2.05, 4.69) is 6.92 Å². The number of hydrogen-bond acceptors (Lipinski definition) is 1. The molecule has 0 atom stereocenters. The molecule has 2 heteroatoms. The Balaban J connectivity index is 0.00000105. The maximum absolute atomic E-state index is 11.8. The molecule has 0 aromatic carbocycles. The minimum atomic E-state index is 0. The Hall–Kier alpha value is 0.189. The average molecular weight is 424 g/mol. The largest absolute Gasteiger partial charge is 2.00 e. The van der Waals surface area contributed by atoms with E-state index in [0.717, 1.165) is 18.8 Å². The van der Waals surface area contributed by atoms with Crippen LogP contribution in [0, 0.1) is 63.7 Å². The topological polar surface area (TPSA) is 17.1 Å². The van der Waals surface area contributed by atoms with Gasteiger partial charge in [-0.25, -0.2) is 0 Å². The Kier molecular flexibility index (Phi) is 22.0. The van der Waals surface area contributed by atoms with Crippen LogP contribution in [0.4, 0.5) is 0 Å². The number of unbranched alkanes of at least 4 members (excludes halogenated alkanes) is 12. The van der Waals surface area contributed by atoms with E-state index in [4.69, 9.17) is 0 Å². The number of carbonyl (C=O) groups excluding carboxylic acids is 1. The van der Waals surface area contributed by atoms with Crippen molar-refractivity contribution in [1.29, 1.82) is 0 Å². The van der Waals surface area contributed by atoms with E-state index >= 15 is 0 Å². The first kappa shape index (κ1) is 28.2. The van der Waals surface area contributed by atoms with Gasteiger partial charge in [0.1, 0.15) is 5.78 Å². The summed E-state index contributed by atoms with van der Waals surface area (Å²) in [6.45, 7) is 2.28. The van der Waals surface area contributed by atoms with Gasteiger partial charge in [0.05, 0.1) is 0 Å². The molecule has 0 unspecified atom stereocenters. The second kappa shape index (κ2) is 21.9. The fraction of sp³-hybridized carbons (Fsp3) is 0.577. The third-order valence-electron chi connectivity index (χ3n) is 5.05. The van der Waals surface area contributed by atoms with Gasteiger partial charge >= 0.3 is 17.1 Å². The third kappa shape index (κ3) is 17.1. The minimum absolute atomic E-state index is 0. The smallest absolute Gasteiger partial charge is 0.299 e. The van der Waals surface area contributed by atoms with Gasteiger partial charge in [-0.15, -0.1) is 0 Å². The van der Waals surface area contributed by atoms with Crippen molar-refractivity contribution >= 4 is 5.78 Å². The maximum Gasteiger partial charge on any atom is 2.00 e. The predicted molar refractivity (Wildman–Crippen MR) is 117 cm³/mol. The predicted octanol–water partition coefficient (Wildman–Crippen LogP) is 7.46. The maximum atomic E-state index is 11.8. The van der Waals surface area contributed by atoms with Gasteiger partial charge in [0.25, 0.3) is 0 Å². The number of ketones is 1. The Morgan fingerprint density at radius 3 is 1.32 bits per heavy atom. The molecule has 2 fully saturated rings. The molecule has 1 nitrogen and oxygen atoms in total. The number of rotatable bonds is 15. The van der Waals surface area contributed by atoms with Gasteiger partial charge in [-0.2, -0.15) is 0 Å². The van der Waals surface area contributed by atoms with Gasteiger partial charge in [0.2, 0.25) is 0 Å². The molecule has 0 N–H and O–H groups in total. The second-order valence-electron chi connectivity index (χ2n) is 7.55. The van der Waals surface area contributed by atoms with Crippen LogP contribution in [-0.2, 0) is 21.9 Å². The van der Waals surface area contributed by atoms with Crippen LogP contribution < -0.4 is 0 Å². The van der Waals surface area contributed by atoms with Crippen molar-refractivity contribution in [2.75, 3.05) is 0 Å². The molecule has 2 saturated carbocycles. The molecule has 28 heavy (non-hydrogen) atoms. The molecule has 2 aliphatic rings. The van der Waals surface area contributed by atoms with Gasteiger partial charge < -0.3 is 0 Å². The number of carbonyl (C=O) groups is 1. The summed E-state index contributed by atoms with van der Waals surface area (Å²) in [6.07, 6.45) is 36.0. The summed E-state index contributed by atoms with van der Waals surface area (Å²) in [6, 6.07) is 0. The normalized spacial score (nSPS) is 16.5. The Bertz CT molecular complexity index is 311. The number of hydrogen-bond donors (Lipinski definition) is 0. The van der Waals surface area contributed by atoms with Crippen LogP contribution in [0.3, 0.4) is 0 Å². The molecular formula is C26H40FeO+2. The molecule has 156 valence electrons. The van der Waals surface area contributed by atoms with Crippen LogP contribution in [-0.4, -0.2) is 5.78 Å². The van der Waals surface area contributed by atoms with Crippen molar-refractivity contribution in [3.63, 3.8) is 0 Å². The van der Waals surface area contributed by atoms with E-state index < -0.39 is 0 Å². The minimum Gasteiger partial charge on any atom is -0.299 e. The van der Waals surface area contributed by atoms with Gasteiger partial charge in [-0.1, -0.05) is 84.0 Å². The van der Waals surface area contributed by atoms with Crippen LogP contribution in [0.2, 0.25) is 0 Å². The van der Waals surface area contributed by atoms with Crippen molar-refractivity contribution in [2.45, 2.75) is 96.8 Å². The summed E-state index contributed by atoms with van der Waals surface area (Å²) < 4.78 is 0. The van der Waals surface area contributed by atoms with Crippen molar-refractivity contribution in [3.05, 3.63) is 63.7 Å². The number of Topliss-reactive ketones (excluding diaryl/α,β-unsaturated/α-hetero) is 1. The zero-order valence-corrected chi connectivity index (χ0v) is 19.0. The molecule has 0 spiro atoms. The van der Waals surface area contributed by atoms with E-state index in [0.29, 0.717) is 5.78 Å². The molecular weight excluding hydrogens is 384 g/mol. The molecule has 2 aliphatic carbocycles. The Morgan fingerprint density at radius 2 is 0.929 bits per heavy atom. The molecule has 0 bridgehead atoms. The van der Waals surface area contributed by atoms with E-state index in [9.17, 15) is 4.79 Å².